The molecule has 0 aliphatic heterocycles. The standard InChI is InChI=1S/C7H9N.2C6H8N2.4C5H8N2.C5H7NO.2C4H7N3.2C4H6N2O/c1-6-4-3-5-7(2)8-6;1-5-3-7-4-6(2)8-5;1-5-3-4-7-6(2)8-5;2*1-5-3-6-7(2)4-5;2*1-5-3-4-7(2)6-5;1-4-3-7-5(2)6-4;2*1-4-5-3-7(2)6-4;2*1-3-5-4(2)7-6-3/h3-5H,1-2H3;2*3-4H,1-2H3;4*3-4H,1-2H3;3*3H,1-2H3;2*1-2H3. The Kier molecular flexibility index (Phi) is 36.0. The highest BCUT2D eigenvalue weighted by Crippen LogP contribution is 1.97. The van der Waals surface area contributed by atoms with Crippen LogP contribution in [0, 0.1) is 125 Å². The third kappa shape index (κ3) is 40.7. The molecular formula is C60H90N24O3. The van der Waals surface area contributed by atoms with Gasteiger partial charge in [-0.2, -0.15) is 40.6 Å². The van der Waals surface area contributed by atoms with Crippen molar-refractivity contribution >= 4 is 0 Å². The molecule has 0 aromatic carbocycles. The number of nitrogens with zero attached hydrogens (tertiary/aromatic N) is 24. The molecule has 0 N–H and O–H groups in total. The van der Waals surface area contributed by atoms with E-state index >= 15 is 0 Å². The molecule has 27 heteroatoms. The Morgan fingerprint density at radius 2 is 0.759 bits per heavy atom. The summed E-state index contributed by atoms with van der Waals surface area (Å²) >= 11 is 0. The zero-order chi connectivity index (χ0) is 65.4. The Bertz CT molecular complexity index is 2810. The van der Waals surface area contributed by atoms with Crippen molar-refractivity contribution in [3.8, 4) is 0 Å². The summed E-state index contributed by atoms with van der Waals surface area (Å²) in [6.07, 6.45) is 21.7. The van der Waals surface area contributed by atoms with Crippen molar-refractivity contribution in [1.29, 1.82) is 0 Å². The molecule has 0 atom stereocenters. The Balaban J connectivity index is 0.000000475. The van der Waals surface area contributed by atoms with Gasteiger partial charge in [0.25, 0.3) is 0 Å². The zero-order valence-electron chi connectivity index (χ0n) is 55.4. The van der Waals surface area contributed by atoms with Crippen LogP contribution in [-0.4, -0.2) is 119 Å². The van der Waals surface area contributed by atoms with Crippen LogP contribution in [0.3, 0.4) is 0 Å². The van der Waals surface area contributed by atoms with E-state index in [1.807, 2.05) is 213 Å². The maximum absolute atomic E-state index is 4.85. The third-order valence-electron chi connectivity index (χ3n) is 9.60. The minimum absolute atomic E-state index is 0.623. The molecule has 0 radical (unpaired) electrons. The van der Waals surface area contributed by atoms with Crippen LogP contribution in [0.1, 0.15) is 103 Å². The first-order valence-electron chi connectivity index (χ1n) is 27.3. The fourth-order valence-corrected chi connectivity index (χ4v) is 6.16. The van der Waals surface area contributed by atoms with Crippen LogP contribution in [0.15, 0.2) is 125 Å². The second-order valence-electron chi connectivity index (χ2n) is 19.3. The van der Waals surface area contributed by atoms with Crippen LogP contribution in [0.2, 0.25) is 0 Å². The first kappa shape index (κ1) is 74.9. The predicted molar refractivity (Wildman–Crippen MR) is 334 cm³/mol. The second-order valence-corrected chi connectivity index (χ2v) is 19.3. The minimum atomic E-state index is 0.623. The molecule has 12 rings (SSSR count). The van der Waals surface area contributed by atoms with Crippen LogP contribution in [0.25, 0.3) is 0 Å². The maximum atomic E-state index is 4.85. The lowest BCUT2D eigenvalue weighted by atomic mass is 10.3. The molecule has 0 unspecified atom stereocenters. The fraction of sp³-hybridized carbons (Fsp3) is 0.400. The van der Waals surface area contributed by atoms with Gasteiger partial charge in [0.1, 0.15) is 36.4 Å². The van der Waals surface area contributed by atoms with Gasteiger partial charge in [-0.1, -0.05) is 16.4 Å². The summed E-state index contributed by atoms with van der Waals surface area (Å²) in [5.74, 6) is 5.84. The summed E-state index contributed by atoms with van der Waals surface area (Å²) in [6.45, 7) is 34.2. The van der Waals surface area contributed by atoms with Crippen molar-refractivity contribution in [3.63, 3.8) is 0 Å². The number of aromatic nitrogens is 24. The lowest BCUT2D eigenvalue weighted by Gasteiger charge is -1.90. The van der Waals surface area contributed by atoms with E-state index in [1.165, 1.54) is 11.1 Å². The van der Waals surface area contributed by atoms with Crippen molar-refractivity contribution < 1.29 is 13.5 Å². The Morgan fingerprint density at radius 1 is 0.333 bits per heavy atom. The first-order chi connectivity index (χ1) is 41.0. The largest absolute Gasteiger partial charge is 0.449 e. The van der Waals surface area contributed by atoms with E-state index in [9.17, 15) is 0 Å². The average Bonchev–Trinajstić information content (AvgIpc) is 4.37. The van der Waals surface area contributed by atoms with Gasteiger partial charge in [-0.25, -0.2) is 24.9 Å². The predicted octanol–water partition coefficient (Wildman–Crippen LogP) is 9.71. The van der Waals surface area contributed by atoms with E-state index in [0.29, 0.717) is 23.4 Å². The van der Waals surface area contributed by atoms with Gasteiger partial charge >= 0.3 is 0 Å². The van der Waals surface area contributed by atoms with Gasteiger partial charge in [0.05, 0.1) is 40.9 Å². The molecule has 468 valence electrons. The molecule has 27 nitrogen and oxygen atoms in total. The van der Waals surface area contributed by atoms with Gasteiger partial charge in [-0.15, -0.1) is 0 Å². The quantitative estimate of drug-likeness (QED) is 0.136. The van der Waals surface area contributed by atoms with Gasteiger partial charge in [0.2, 0.25) is 11.8 Å². The van der Waals surface area contributed by atoms with Crippen molar-refractivity contribution in [3.05, 3.63) is 215 Å². The minimum Gasteiger partial charge on any atom is -0.449 e. The maximum Gasteiger partial charge on any atom is 0.223 e. The zero-order valence-corrected chi connectivity index (χ0v) is 55.4. The SMILES string of the molecule is Cc1cccc(C)n1.Cc1ccn(C)n1.Cc1ccn(C)n1.Cc1ccnc(C)n1.Cc1cncc(C)n1.Cc1cnn(C)c1.Cc1cnn(C)c1.Cc1coc(C)n1.Cc1ncn(C)n1.Cc1ncn(C)n1.Cc1noc(C)n1.Cc1noc(C)n1. The van der Waals surface area contributed by atoms with Gasteiger partial charge in [0, 0.05) is 124 Å². The highest BCUT2D eigenvalue weighted by molar-refractivity contribution is 5.08. The summed E-state index contributed by atoms with van der Waals surface area (Å²) < 4.78 is 24.6. The van der Waals surface area contributed by atoms with Crippen LogP contribution >= 0.6 is 0 Å². The summed E-state index contributed by atoms with van der Waals surface area (Å²) in [4.78, 5) is 39.5. The van der Waals surface area contributed by atoms with Crippen molar-refractivity contribution in [1.82, 2.24) is 119 Å². The molecule has 0 aliphatic carbocycles. The van der Waals surface area contributed by atoms with Crippen molar-refractivity contribution in [2.24, 2.45) is 42.3 Å². The molecule has 87 heavy (non-hydrogen) atoms. The molecule has 0 amide bonds. The summed E-state index contributed by atoms with van der Waals surface area (Å²) in [6, 6.07) is 11.8. The van der Waals surface area contributed by atoms with E-state index in [-0.39, 0.29) is 0 Å². The normalized spacial score (nSPS) is 9.38. The molecule has 0 saturated heterocycles. The number of hydrogen-bond acceptors (Lipinski definition) is 21. The first-order valence-corrected chi connectivity index (χ1v) is 27.3. The molecule has 12 aromatic heterocycles. The summed E-state index contributed by atoms with van der Waals surface area (Å²) in [7, 11) is 11.3. The number of hydrogen-bond donors (Lipinski definition) is 0. The van der Waals surface area contributed by atoms with Crippen molar-refractivity contribution in [2.45, 2.75) is 125 Å². The number of rotatable bonds is 0. The third-order valence-corrected chi connectivity index (χ3v) is 9.60. The summed E-state index contributed by atoms with van der Waals surface area (Å²) in [5, 5.41) is 30.8. The van der Waals surface area contributed by atoms with E-state index in [4.69, 9.17) is 4.42 Å². The molecule has 0 bridgehead atoms. The van der Waals surface area contributed by atoms with Crippen LogP contribution in [0.4, 0.5) is 0 Å². The van der Waals surface area contributed by atoms with Gasteiger partial charge < -0.3 is 13.5 Å². The molecule has 0 fully saturated rings. The Labute approximate surface area is 511 Å². The van der Waals surface area contributed by atoms with Gasteiger partial charge in [-0.3, -0.25) is 43.0 Å². The highest BCUT2D eigenvalue weighted by atomic mass is 16.5. The molecule has 12 aromatic rings. The highest BCUT2D eigenvalue weighted by Gasteiger charge is 1.93. The van der Waals surface area contributed by atoms with Gasteiger partial charge in [0.15, 0.2) is 17.5 Å². The lowest BCUT2D eigenvalue weighted by Crippen LogP contribution is -1.86. The monoisotopic (exact) mass is 1190 g/mol. The molecular weight excluding hydrogens is 1100 g/mol. The Morgan fingerprint density at radius 3 is 0.897 bits per heavy atom. The van der Waals surface area contributed by atoms with E-state index in [0.717, 1.165) is 68.9 Å². The number of pyridine rings is 1. The van der Waals surface area contributed by atoms with E-state index < -0.39 is 0 Å². The number of oxazole rings is 1. The molecule has 12 heterocycles. The van der Waals surface area contributed by atoms with Crippen LogP contribution in [0.5, 0.6) is 0 Å². The topological polar surface area (TPSA) is 301 Å². The lowest BCUT2D eigenvalue weighted by molar-refractivity contribution is 0.389. The Hall–Kier alpha value is -10.1. The fourth-order valence-electron chi connectivity index (χ4n) is 6.16. The number of aryl methyl sites for hydroxylation is 24. The smallest absolute Gasteiger partial charge is 0.223 e. The molecule has 0 aliphatic rings. The van der Waals surface area contributed by atoms with E-state index in [2.05, 4.69) is 99.8 Å². The van der Waals surface area contributed by atoms with Crippen LogP contribution in [-0.2, 0) is 42.3 Å². The van der Waals surface area contributed by atoms with Crippen LogP contribution < -0.4 is 0 Å². The summed E-state index contributed by atoms with van der Waals surface area (Å²) in [5.41, 5.74) is 10.7. The van der Waals surface area contributed by atoms with Crippen molar-refractivity contribution in [2.75, 3.05) is 0 Å². The van der Waals surface area contributed by atoms with Gasteiger partial charge in [-0.05, 0) is 145 Å². The van der Waals surface area contributed by atoms with E-state index in [1.54, 1.807) is 93.3 Å². The second kappa shape index (κ2) is 41.8. The molecule has 0 saturated carbocycles. The average molecular weight is 1200 g/mol. The molecule has 0 spiro atoms.